The van der Waals surface area contributed by atoms with Crippen molar-refractivity contribution < 1.29 is 23.8 Å². The van der Waals surface area contributed by atoms with Crippen LogP contribution in [-0.4, -0.2) is 32.6 Å². The molecular formula is C19H22N2O5. The summed E-state index contributed by atoms with van der Waals surface area (Å²) in [4.78, 5) is 24.0. The number of hydrazine groups is 1. The van der Waals surface area contributed by atoms with E-state index in [2.05, 4.69) is 17.8 Å². The molecule has 0 saturated carbocycles. The topological polar surface area (TPSA) is 85.9 Å². The fourth-order valence-corrected chi connectivity index (χ4v) is 2.19. The molecule has 0 spiro atoms. The van der Waals surface area contributed by atoms with Crippen LogP contribution in [0.5, 0.6) is 17.2 Å². The van der Waals surface area contributed by atoms with E-state index in [9.17, 15) is 9.59 Å². The second-order valence-corrected chi connectivity index (χ2v) is 5.35. The summed E-state index contributed by atoms with van der Waals surface area (Å²) in [6.07, 6.45) is 0.932. The SMILES string of the molecule is CCc1ccc(OCC(=O)NNC(=O)c2ccc(OC)cc2OC)cc1. The van der Waals surface area contributed by atoms with Gasteiger partial charge in [0.2, 0.25) is 0 Å². The van der Waals surface area contributed by atoms with Gasteiger partial charge in [-0.3, -0.25) is 20.4 Å². The minimum Gasteiger partial charge on any atom is -0.497 e. The van der Waals surface area contributed by atoms with Crippen LogP contribution in [0.3, 0.4) is 0 Å². The smallest absolute Gasteiger partial charge is 0.276 e. The van der Waals surface area contributed by atoms with Crippen LogP contribution in [0.15, 0.2) is 42.5 Å². The van der Waals surface area contributed by atoms with E-state index < -0.39 is 11.8 Å². The summed E-state index contributed by atoms with van der Waals surface area (Å²) in [5, 5.41) is 0. The molecular weight excluding hydrogens is 336 g/mol. The zero-order valence-corrected chi connectivity index (χ0v) is 15.0. The highest BCUT2D eigenvalue weighted by atomic mass is 16.5. The van der Waals surface area contributed by atoms with Crippen molar-refractivity contribution in [2.24, 2.45) is 0 Å². The second kappa shape index (κ2) is 9.31. The normalized spacial score (nSPS) is 9.96. The number of benzene rings is 2. The van der Waals surface area contributed by atoms with E-state index in [1.807, 2.05) is 12.1 Å². The number of aryl methyl sites for hydroxylation is 1. The van der Waals surface area contributed by atoms with Gasteiger partial charge < -0.3 is 14.2 Å². The van der Waals surface area contributed by atoms with E-state index >= 15 is 0 Å². The number of amides is 2. The maximum atomic E-state index is 12.2. The average Bonchev–Trinajstić information content (AvgIpc) is 2.70. The van der Waals surface area contributed by atoms with Crippen LogP contribution >= 0.6 is 0 Å². The zero-order chi connectivity index (χ0) is 18.9. The van der Waals surface area contributed by atoms with Gasteiger partial charge >= 0.3 is 0 Å². The van der Waals surface area contributed by atoms with Gasteiger partial charge in [0.15, 0.2) is 6.61 Å². The molecule has 0 aliphatic heterocycles. The molecule has 2 N–H and O–H groups in total. The molecule has 2 aromatic rings. The molecule has 0 radical (unpaired) electrons. The maximum absolute atomic E-state index is 12.2. The molecule has 7 heteroatoms. The lowest BCUT2D eigenvalue weighted by molar-refractivity contribution is -0.123. The van der Waals surface area contributed by atoms with Crippen LogP contribution in [0.1, 0.15) is 22.8 Å². The first-order chi connectivity index (χ1) is 12.6. The maximum Gasteiger partial charge on any atom is 0.276 e. The van der Waals surface area contributed by atoms with Crippen molar-refractivity contribution in [3.63, 3.8) is 0 Å². The quantitative estimate of drug-likeness (QED) is 0.741. The number of rotatable bonds is 7. The Morgan fingerprint density at radius 3 is 2.23 bits per heavy atom. The Bertz CT molecular complexity index is 759. The largest absolute Gasteiger partial charge is 0.497 e. The van der Waals surface area contributed by atoms with Crippen molar-refractivity contribution in [2.45, 2.75) is 13.3 Å². The van der Waals surface area contributed by atoms with Crippen molar-refractivity contribution in [3.8, 4) is 17.2 Å². The fourth-order valence-electron chi connectivity index (χ4n) is 2.19. The van der Waals surface area contributed by atoms with Gasteiger partial charge in [-0.2, -0.15) is 0 Å². The van der Waals surface area contributed by atoms with Crippen LogP contribution in [0.25, 0.3) is 0 Å². The van der Waals surface area contributed by atoms with Gasteiger partial charge in [-0.05, 0) is 36.2 Å². The lowest BCUT2D eigenvalue weighted by Crippen LogP contribution is -2.43. The Hall–Kier alpha value is -3.22. The van der Waals surface area contributed by atoms with Crippen LogP contribution in [0.4, 0.5) is 0 Å². The van der Waals surface area contributed by atoms with E-state index in [0.717, 1.165) is 6.42 Å². The Morgan fingerprint density at radius 1 is 0.923 bits per heavy atom. The number of carbonyl (C=O) groups excluding carboxylic acids is 2. The third-order valence-electron chi connectivity index (χ3n) is 3.67. The van der Waals surface area contributed by atoms with E-state index in [1.54, 1.807) is 30.3 Å². The van der Waals surface area contributed by atoms with Crippen molar-refractivity contribution >= 4 is 11.8 Å². The standard InChI is InChI=1S/C19H22N2O5/c1-4-13-5-7-14(8-6-13)26-12-18(22)20-21-19(23)16-10-9-15(24-2)11-17(16)25-3/h5-11H,4,12H2,1-3H3,(H,20,22)(H,21,23). The minimum absolute atomic E-state index is 0.217. The van der Waals surface area contributed by atoms with Gasteiger partial charge in [0.1, 0.15) is 17.2 Å². The van der Waals surface area contributed by atoms with Gasteiger partial charge in [-0.1, -0.05) is 19.1 Å². The molecule has 0 aromatic heterocycles. The average molecular weight is 358 g/mol. The lowest BCUT2D eigenvalue weighted by Gasteiger charge is -2.12. The van der Waals surface area contributed by atoms with Crippen molar-refractivity contribution in [1.82, 2.24) is 10.9 Å². The van der Waals surface area contributed by atoms with Gasteiger partial charge in [0, 0.05) is 6.07 Å². The summed E-state index contributed by atoms with van der Waals surface area (Å²) >= 11 is 0. The Labute approximate surface area is 152 Å². The molecule has 26 heavy (non-hydrogen) atoms. The lowest BCUT2D eigenvalue weighted by atomic mass is 10.2. The minimum atomic E-state index is -0.509. The van der Waals surface area contributed by atoms with Crippen molar-refractivity contribution in [1.29, 1.82) is 0 Å². The molecule has 2 aromatic carbocycles. The highest BCUT2D eigenvalue weighted by Gasteiger charge is 2.14. The predicted molar refractivity (Wildman–Crippen MR) is 96.5 cm³/mol. The number of carbonyl (C=O) groups is 2. The van der Waals surface area contributed by atoms with Gasteiger partial charge in [-0.15, -0.1) is 0 Å². The highest BCUT2D eigenvalue weighted by Crippen LogP contribution is 2.24. The number of hydrogen-bond acceptors (Lipinski definition) is 5. The molecule has 0 saturated heterocycles. The Kier molecular flexibility index (Phi) is 6.84. The molecule has 2 amide bonds. The summed E-state index contributed by atoms with van der Waals surface area (Å²) in [6, 6.07) is 12.2. The summed E-state index contributed by atoms with van der Waals surface area (Å²) in [6.45, 7) is 1.84. The highest BCUT2D eigenvalue weighted by molar-refractivity contribution is 5.98. The summed E-state index contributed by atoms with van der Waals surface area (Å²) in [7, 11) is 2.96. The Balaban J connectivity index is 1.85. The van der Waals surface area contributed by atoms with Crippen LogP contribution in [0.2, 0.25) is 0 Å². The first-order valence-electron chi connectivity index (χ1n) is 8.10. The van der Waals surface area contributed by atoms with E-state index in [1.165, 1.54) is 19.8 Å². The van der Waals surface area contributed by atoms with Gasteiger partial charge in [0.25, 0.3) is 11.8 Å². The molecule has 138 valence electrons. The molecule has 0 unspecified atom stereocenters. The summed E-state index contributed by atoms with van der Waals surface area (Å²) in [5.41, 5.74) is 6.08. The van der Waals surface area contributed by atoms with Gasteiger partial charge in [-0.25, -0.2) is 0 Å². The molecule has 0 atom stereocenters. The first kappa shape index (κ1) is 19.1. The zero-order valence-electron chi connectivity index (χ0n) is 15.0. The van der Waals surface area contributed by atoms with Crippen LogP contribution < -0.4 is 25.1 Å². The third kappa shape index (κ3) is 5.14. The Morgan fingerprint density at radius 2 is 1.62 bits per heavy atom. The molecule has 7 nitrogen and oxygen atoms in total. The van der Waals surface area contributed by atoms with E-state index in [4.69, 9.17) is 14.2 Å². The number of methoxy groups -OCH3 is 2. The van der Waals surface area contributed by atoms with Crippen molar-refractivity contribution in [3.05, 3.63) is 53.6 Å². The van der Waals surface area contributed by atoms with E-state index in [-0.39, 0.29) is 12.2 Å². The second-order valence-electron chi connectivity index (χ2n) is 5.35. The predicted octanol–water partition coefficient (Wildman–Crippen LogP) is 2.11. The molecule has 0 heterocycles. The first-order valence-corrected chi connectivity index (χ1v) is 8.10. The number of hydrogen-bond donors (Lipinski definition) is 2. The summed E-state index contributed by atoms with van der Waals surface area (Å²) < 4.78 is 15.6. The monoisotopic (exact) mass is 358 g/mol. The van der Waals surface area contributed by atoms with E-state index in [0.29, 0.717) is 17.2 Å². The molecule has 0 bridgehead atoms. The fraction of sp³-hybridized carbons (Fsp3) is 0.263. The number of ether oxygens (including phenoxy) is 3. The van der Waals surface area contributed by atoms with Gasteiger partial charge in [0.05, 0.1) is 19.8 Å². The van der Waals surface area contributed by atoms with Crippen molar-refractivity contribution in [2.75, 3.05) is 20.8 Å². The summed E-state index contributed by atoms with van der Waals surface area (Å²) in [5.74, 6) is 0.490. The molecule has 2 rings (SSSR count). The van der Waals surface area contributed by atoms with Crippen LogP contribution in [-0.2, 0) is 11.2 Å². The number of nitrogens with one attached hydrogen (secondary N) is 2. The molecule has 0 fully saturated rings. The molecule has 0 aliphatic rings. The van der Waals surface area contributed by atoms with Crippen LogP contribution in [0, 0.1) is 0 Å². The molecule has 0 aliphatic carbocycles. The third-order valence-corrected chi connectivity index (χ3v) is 3.67.